The Labute approximate surface area is 118 Å². The number of hydrogen-bond acceptors (Lipinski definition) is 4. The Hall–Kier alpha value is -1.13. The second kappa shape index (κ2) is 6.35. The van der Waals surface area contributed by atoms with Gasteiger partial charge >= 0.3 is 0 Å². The van der Waals surface area contributed by atoms with E-state index < -0.39 is 0 Å². The molecule has 1 heterocycles. The van der Waals surface area contributed by atoms with Gasteiger partial charge in [-0.3, -0.25) is 0 Å². The maximum atomic E-state index is 6.27. The molecule has 0 saturated carbocycles. The number of rotatable bonds is 4. The fourth-order valence-corrected chi connectivity index (χ4v) is 2.61. The molecule has 106 valence electrons. The number of ether oxygens (including phenoxy) is 3. The van der Waals surface area contributed by atoms with Crippen molar-refractivity contribution in [2.24, 2.45) is 5.73 Å². The molecule has 1 aliphatic rings. The van der Waals surface area contributed by atoms with Crippen molar-refractivity contribution < 1.29 is 14.2 Å². The standard InChI is InChI=1S/C14H20ClNO3/c1-9(4-5-16)12-13(17-2)10(15)8-11-14(12)19-7-3-6-18-11/h8-9H,3-7,16H2,1-2H3. The van der Waals surface area contributed by atoms with Crippen LogP contribution in [0.15, 0.2) is 6.07 Å². The Balaban J connectivity index is 2.54. The zero-order valence-electron chi connectivity index (χ0n) is 11.4. The average Bonchev–Trinajstić information content (AvgIpc) is 2.62. The topological polar surface area (TPSA) is 53.7 Å². The summed E-state index contributed by atoms with van der Waals surface area (Å²) in [5, 5.41) is 0.547. The molecule has 1 aromatic rings. The van der Waals surface area contributed by atoms with Gasteiger partial charge in [0.1, 0.15) is 5.75 Å². The first-order valence-electron chi connectivity index (χ1n) is 6.55. The van der Waals surface area contributed by atoms with Crippen molar-refractivity contribution >= 4 is 11.6 Å². The monoisotopic (exact) mass is 285 g/mol. The van der Waals surface area contributed by atoms with Gasteiger partial charge in [-0.1, -0.05) is 18.5 Å². The van der Waals surface area contributed by atoms with Crippen molar-refractivity contribution in [1.82, 2.24) is 0 Å². The number of halogens is 1. The van der Waals surface area contributed by atoms with Crippen LogP contribution >= 0.6 is 11.6 Å². The van der Waals surface area contributed by atoms with Crippen LogP contribution < -0.4 is 19.9 Å². The second-order valence-electron chi connectivity index (χ2n) is 4.66. The van der Waals surface area contributed by atoms with Crippen LogP contribution in [0.2, 0.25) is 5.02 Å². The van der Waals surface area contributed by atoms with E-state index in [1.807, 2.05) is 0 Å². The molecular weight excluding hydrogens is 266 g/mol. The highest BCUT2D eigenvalue weighted by atomic mass is 35.5. The summed E-state index contributed by atoms with van der Waals surface area (Å²) in [6.45, 7) is 3.97. The molecule has 0 fully saturated rings. The summed E-state index contributed by atoms with van der Waals surface area (Å²) in [6, 6.07) is 1.76. The molecule has 0 aromatic heterocycles. The lowest BCUT2D eigenvalue weighted by Crippen LogP contribution is -2.08. The van der Waals surface area contributed by atoms with E-state index in [1.54, 1.807) is 13.2 Å². The van der Waals surface area contributed by atoms with Crippen LogP contribution in [0.3, 0.4) is 0 Å². The summed E-state index contributed by atoms with van der Waals surface area (Å²) in [4.78, 5) is 0. The largest absolute Gasteiger partial charge is 0.495 e. The van der Waals surface area contributed by atoms with Gasteiger partial charge in [0.05, 0.1) is 25.3 Å². The molecule has 0 saturated heterocycles. The summed E-state index contributed by atoms with van der Waals surface area (Å²) in [6.07, 6.45) is 1.70. The van der Waals surface area contributed by atoms with Crippen LogP contribution in [0.5, 0.6) is 17.2 Å². The fraction of sp³-hybridized carbons (Fsp3) is 0.571. The van der Waals surface area contributed by atoms with E-state index in [2.05, 4.69) is 6.92 Å². The highest BCUT2D eigenvalue weighted by molar-refractivity contribution is 6.32. The Morgan fingerprint density at radius 1 is 1.42 bits per heavy atom. The maximum Gasteiger partial charge on any atom is 0.168 e. The number of nitrogens with two attached hydrogens (primary N) is 1. The summed E-state index contributed by atoms with van der Waals surface area (Å²) >= 11 is 6.27. The molecule has 2 rings (SSSR count). The van der Waals surface area contributed by atoms with E-state index in [0.29, 0.717) is 36.3 Å². The van der Waals surface area contributed by atoms with Crippen molar-refractivity contribution in [3.05, 3.63) is 16.7 Å². The highest BCUT2D eigenvalue weighted by Gasteiger charge is 2.25. The van der Waals surface area contributed by atoms with Gasteiger partial charge in [0, 0.05) is 18.1 Å². The predicted octanol–water partition coefficient (Wildman–Crippen LogP) is 2.96. The first-order chi connectivity index (χ1) is 9.19. The average molecular weight is 286 g/mol. The summed E-state index contributed by atoms with van der Waals surface area (Å²) in [7, 11) is 1.61. The molecule has 19 heavy (non-hydrogen) atoms. The Morgan fingerprint density at radius 2 is 2.16 bits per heavy atom. The van der Waals surface area contributed by atoms with Crippen molar-refractivity contribution in [3.63, 3.8) is 0 Å². The van der Waals surface area contributed by atoms with Gasteiger partial charge in [0.15, 0.2) is 11.5 Å². The maximum absolute atomic E-state index is 6.27. The SMILES string of the molecule is COc1c(Cl)cc2c(c1C(C)CCN)OCCCO2. The van der Waals surface area contributed by atoms with Gasteiger partial charge in [0.25, 0.3) is 0 Å². The molecule has 2 N–H and O–H groups in total. The minimum Gasteiger partial charge on any atom is -0.495 e. The van der Waals surface area contributed by atoms with E-state index in [9.17, 15) is 0 Å². The van der Waals surface area contributed by atoms with E-state index in [-0.39, 0.29) is 5.92 Å². The molecule has 0 spiro atoms. The third kappa shape index (κ3) is 2.90. The van der Waals surface area contributed by atoms with Crippen LogP contribution in [0.4, 0.5) is 0 Å². The van der Waals surface area contributed by atoms with Crippen molar-refractivity contribution in [2.45, 2.75) is 25.7 Å². The first-order valence-corrected chi connectivity index (χ1v) is 6.92. The minimum atomic E-state index is 0.203. The van der Waals surface area contributed by atoms with E-state index in [1.165, 1.54) is 0 Å². The Kier molecular flexibility index (Phi) is 4.77. The fourth-order valence-electron chi connectivity index (χ4n) is 2.33. The lowest BCUT2D eigenvalue weighted by Gasteiger charge is -2.21. The smallest absolute Gasteiger partial charge is 0.168 e. The number of fused-ring (bicyclic) bond motifs is 1. The van der Waals surface area contributed by atoms with Gasteiger partial charge < -0.3 is 19.9 Å². The van der Waals surface area contributed by atoms with Crippen molar-refractivity contribution in [2.75, 3.05) is 26.9 Å². The van der Waals surface area contributed by atoms with Crippen molar-refractivity contribution in [1.29, 1.82) is 0 Å². The van der Waals surface area contributed by atoms with Gasteiger partial charge in [-0.25, -0.2) is 0 Å². The first kappa shape index (κ1) is 14.3. The van der Waals surface area contributed by atoms with Crippen molar-refractivity contribution in [3.8, 4) is 17.2 Å². The number of benzene rings is 1. The molecule has 5 heteroatoms. The lowest BCUT2D eigenvalue weighted by atomic mass is 9.95. The van der Waals surface area contributed by atoms with Gasteiger partial charge in [-0.15, -0.1) is 0 Å². The van der Waals surface area contributed by atoms with Gasteiger partial charge in [0.2, 0.25) is 0 Å². The molecule has 0 aliphatic carbocycles. The molecule has 0 bridgehead atoms. The molecular formula is C14H20ClNO3. The zero-order valence-corrected chi connectivity index (χ0v) is 12.1. The lowest BCUT2D eigenvalue weighted by molar-refractivity contribution is 0.295. The molecule has 1 aliphatic heterocycles. The summed E-state index contributed by atoms with van der Waals surface area (Å²) in [5.41, 5.74) is 6.61. The van der Waals surface area contributed by atoms with E-state index >= 15 is 0 Å². The Morgan fingerprint density at radius 3 is 2.84 bits per heavy atom. The molecule has 4 nitrogen and oxygen atoms in total. The van der Waals surface area contributed by atoms with Gasteiger partial charge in [-0.2, -0.15) is 0 Å². The molecule has 0 radical (unpaired) electrons. The third-order valence-corrected chi connectivity index (χ3v) is 3.56. The van der Waals surface area contributed by atoms with Crippen LogP contribution in [0, 0.1) is 0 Å². The van der Waals surface area contributed by atoms with E-state index in [0.717, 1.165) is 24.2 Å². The third-order valence-electron chi connectivity index (χ3n) is 3.28. The molecule has 1 unspecified atom stereocenters. The zero-order chi connectivity index (χ0) is 13.8. The quantitative estimate of drug-likeness (QED) is 0.924. The molecule has 1 aromatic carbocycles. The second-order valence-corrected chi connectivity index (χ2v) is 5.07. The number of methoxy groups -OCH3 is 1. The normalized spacial score (nSPS) is 15.8. The van der Waals surface area contributed by atoms with E-state index in [4.69, 9.17) is 31.5 Å². The predicted molar refractivity (Wildman–Crippen MR) is 75.7 cm³/mol. The van der Waals surface area contributed by atoms with Crippen LogP contribution in [-0.2, 0) is 0 Å². The van der Waals surface area contributed by atoms with Crippen LogP contribution in [0.25, 0.3) is 0 Å². The van der Waals surface area contributed by atoms with Gasteiger partial charge in [-0.05, 0) is 18.9 Å². The molecule has 1 atom stereocenters. The van der Waals surface area contributed by atoms with Crippen LogP contribution in [0.1, 0.15) is 31.2 Å². The molecule has 0 amide bonds. The summed E-state index contributed by atoms with van der Waals surface area (Å²) < 4.78 is 17.0. The van der Waals surface area contributed by atoms with Crippen LogP contribution in [-0.4, -0.2) is 26.9 Å². The highest BCUT2D eigenvalue weighted by Crippen LogP contribution is 2.47. The summed E-state index contributed by atoms with van der Waals surface area (Å²) in [5.74, 6) is 2.31. The minimum absolute atomic E-state index is 0.203. The Bertz CT molecular complexity index is 451. The number of hydrogen-bond donors (Lipinski definition) is 1.